The van der Waals surface area contributed by atoms with Crippen LogP contribution in [0.25, 0.3) is 6.08 Å². The number of ether oxygens (including phenoxy) is 5. The van der Waals surface area contributed by atoms with Crippen LogP contribution < -0.4 is 14.8 Å². The van der Waals surface area contributed by atoms with Crippen molar-refractivity contribution in [3.05, 3.63) is 54.1 Å². The van der Waals surface area contributed by atoms with Gasteiger partial charge in [-0.3, -0.25) is 4.79 Å². The van der Waals surface area contributed by atoms with Crippen molar-refractivity contribution >= 4 is 18.0 Å². The summed E-state index contributed by atoms with van der Waals surface area (Å²) in [4.78, 5) is 25.8. The highest BCUT2D eigenvalue weighted by molar-refractivity contribution is 5.87. The van der Waals surface area contributed by atoms with Crippen LogP contribution in [0.5, 0.6) is 11.5 Å². The third kappa shape index (κ3) is 24.3. The lowest BCUT2D eigenvalue weighted by atomic mass is 9.99. The van der Waals surface area contributed by atoms with E-state index < -0.39 is 67.4 Å². The minimum absolute atomic E-state index is 0.244. The zero-order chi connectivity index (χ0) is 46.8. The Labute approximate surface area is 384 Å². The van der Waals surface area contributed by atoms with Gasteiger partial charge in [-0.25, -0.2) is 4.79 Å². The highest BCUT2D eigenvalue weighted by Gasteiger charge is 2.45. The Kier molecular flexibility index (Phi) is 31.9. The number of nitrogens with one attached hydrogen (secondary N) is 1. The normalized spacial score (nSPS) is 20.5. The number of hydrogen-bond donors (Lipinski definition) is 6. The van der Waals surface area contributed by atoms with E-state index in [0.29, 0.717) is 23.5 Å². The molecule has 1 heterocycles. The molecule has 366 valence electrons. The summed E-state index contributed by atoms with van der Waals surface area (Å²) < 4.78 is 27.4. The molecule has 0 radical (unpaired) electrons. The van der Waals surface area contributed by atoms with Crippen molar-refractivity contribution in [1.29, 1.82) is 0 Å². The lowest BCUT2D eigenvalue weighted by Crippen LogP contribution is -2.60. The molecule has 1 aromatic carbocycles. The average Bonchev–Trinajstić information content (AvgIpc) is 3.30. The number of amides is 1. The van der Waals surface area contributed by atoms with Gasteiger partial charge in [-0.15, -0.1) is 0 Å². The summed E-state index contributed by atoms with van der Waals surface area (Å²) in [7, 11) is 3.01. The molecule has 13 heteroatoms. The molecule has 8 atom stereocenters. The predicted molar refractivity (Wildman–Crippen MR) is 252 cm³/mol. The van der Waals surface area contributed by atoms with Crippen LogP contribution in [-0.4, -0.2) is 114 Å². The van der Waals surface area contributed by atoms with Gasteiger partial charge in [-0.05, 0) is 68.7 Å². The third-order valence-electron chi connectivity index (χ3n) is 11.7. The number of methoxy groups -OCH3 is 2. The van der Waals surface area contributed by atoms with Crippen molar-refractivity contribution < 1.29 is 58.8 Å². The van der Waals surface area contributed by atoms with Gasteiger partial charge in [0.05, 0.1) is 33.0 Å². The summed E-state index contributed by atoms with van der Waals surface area (Å²) in [5, 5.41) is 56.8. The molecular weight excluding hydrogens is 819 g/mol. The summed E-state index contributed by atoms with van der Waals surface area (Å²) in [5.74, 6) is -0.424. The molecular formula is C51H85NO12. The maximum atomic E-state index is 13.2. The zero-order valence-electron chi connectivity index (χ0n) is 39.6. The Balaban J connectivity index is 1.95. The fraction of sp³-hybridized carbons (Fsp3) is 0.725. The second kappa shape index (κ2) is 35.9. The Morgan fingerprint density at radius 2 is 1.25 bits per heavy atom. The number of aliphatic hydroxyl groups excluding tert-OH is 5. The maximum absolute atomic E-state index is 13.2. The smallest absolute Gasteiger partial charge is 0.330 e. The predicted octanol–water partition coefficient (Wildman–Crippen LogP) is 8.42. The van der Waals surface area contributed by atoms with Crippen LogP contribution in [0.2, 0.25) is 0 Å². The van der Waals surface area contributed by atoms with E-state index in [2.05, 4.69) is 31.3 Å². The van der Waals surface area contributed by atoms with Crippen LogP contribution in [-0.2, 0) is 23.8 Å². The van der Waals surface area contributed by atoms with Crippen molar-refractivity contribution in [2.24, 2.45) is 0 Å². The maximum Gasteiger partial charge on any atom is 0.330 e. The van der Waals surface area contributed by atoms with Gasteiger partial charge in [0.2, 0.25) is 5.91 Å². The molecule has 6 N–H and O–H groups in total. The Bertz CT molecular complexity index is 1450. The number of carbonyl (C=O) groups excluding carboxylic acids is 2. The molecule has 0 spiro atoms. The highest BCUT2D eigenvalue weighted by atomic mass is 16.7. The molecule has 0 aromatic heterocycles. The monoisotopic (exact) mass is 904 g/mol. The van der Waals surface area contributed by atoms with Crippen LogP contribution in [0.1, 0.15) is 167 Å². The third-order valence-corrected chi connectivity index (χ3v) is 11.7. The van der Waals surface area contributed by atoms with Crippen LogP contribution in [0.3, 0.4) is 0 Å². The van der Waals surface area contributed by atoms with Gasteiger partial charge < -0.3 is 54.5 Å². The molecule has 1 aliphatic rings. The minimum atomic E-state index is -1.72. The SMILES string of the molecule is CCCCCCC/C=C\CCCC[C@@H](O)C(=O)N[C@@H](CO[C@H]1O[C@H](COC(=O)/C=C/c2ccc(OC)c(OC)c2)[C@@H](O)[C@H](O)[C@H]1O)[C@H](O)/C=C/CCCCCCCCCCCCCC. The first kappa shape index (κ1) is 56.8. The molecule has 0 aliphatic carbocycles. The Hall–Kier alpha value is -3.30. The summed E-state index contributed by atoms with van der Waals surface area (Å²) in [6, 6.07) is 4.03. The quantitative estimate of drug-likeness (QED) is 0.0162. The first-order valence-corrected chi connectivity index (χ1v) is 24.4. The van der Waals surface area contributed by atoms with E-state index in [1.165, 1.54) is 116 Å². The van der Waals surface area contributed by atoms with Crippen molar-refractivity contribution in [2.45, 2.75) is 210 Å². The van der Waals surface area contributed by atoms with Gasteiger partial charge in [0.1, 0.15) is 37.1 Å². The number of rotatable bonds is 37. The number of esters is 1. The van der Waals surface area contributed by atoms with Gasteiger partial charge in [0, 0.05) is 6.08 Å². The van der Waals surface area contributed by atoms with Crippen LogP contribution in [0.15, 0.2) is 48.6 Å². The van der Waals surface area contributed by atoms with E-state index in [0.717, 1.165) is 44.9 Å². The van der Waals surface area contributed by atoms with Crippen molar-refractivity contribution in [1.82, 2.24) is 5.32 Å². The molecule has 1 fully saturated rings. The van der Waals surface area contributed by atoms with Gasteiger partial charge in [0.25, 0.3) is 0 Å². The molecule has 2 rings (SSSR count). The topological polar surface area (TPSA) is 193 Å². The van der Waals surface area contributed by atoms with E-state index in [4.69, 9.17) is 23.7 Å². The first-order chi connectivity index (χ1) is 31.1. The first-order valence-electron chi connectivity index (χ1n) is 24.4. The van der Waals surface area contributed by atoms with Crippen molar-refractivity contribution in [3.8, 4) is 11.5 Å². The molecule has 0 bridgehead atoms. The lowest BCUT2D eigenvalue weighted by molar-refractivity contribution is -0.303. The van der Waals surface area contributed by atoms with E-state index in [9.17, 15) is 35.1 Å². The molecule has 1 aliphatic heterocycles. The molecule has 1 aromatic rings. The Morgan fingerprint density at radius 1 is 0.703 bits per heavy atom. The number of hydrogen-bond acceptors (Lipinski definition) is 12. The fourth-order valence-electron chi connectivity index (χ4n) is 7.53. The van der Waals surface area contributed by atoms with Gasteiger partial charge in [-0.1, -0.05) is 147 Å². The molecule has 1 saturated heterocycles. The largest absolute Gasteiger partial charge is 0.493 e. The number of carbonyl (C=O) groups is 2. The number of aliphatic hydroxyl groups is 5. The number of benzene rings is 1. The fourth-order valence-corrected chi connectivity index (χ4v) is 7.53. The molecule has 0 unspecified atom stereocenters. The summed E-state index contributed by atoms with van der Waals surface area (Å²) in [6.07, 6.45) is 25.6. The van der Waals surface area contributed by atoms with Crippen LogP contribution in [0, 0.1) is 0 Å². The van der Waals surface area contributed by atoms with Gasteiger partial charge in [-0.2, -0.15) is 0 Å². The van der Waals surface area contributed by atoms with Crippen LogP contribution in [0.4, 0.5) is 0 Å². The summed E-state index contributed by atoms with van der Waals surface area (Å²) >= 11 is 0. The van der Waals surface area contributed by atoms with E-state index in [-0.39, 0.29) is 13.0 Å². The highest BCUT2D eigenvalue weighted by Crippen LogP contribution is 2.28. The Morgan fingerprint density at radius 3 is 1.83 bits per heavy atom. The zero-order valence-corrected chi connectivity index (χ0v) is 39.6. The summed E-state index contributed by atoms with van der Waals surface area (Å²) in [6.45, 7) is 3.59. The molecule has 1 amide bonds. The van der Waals surface area contributed by atoms with E-state index in [1.807, 2.05) is 6.08 Å². The second-order valence-electron chi connectivity index (χ2n) is 17.1. The van der Waals surface area contributed by atoms with Gasteiger partial charge in [0.15, 0.2) is 17.8 Å². The van der Waals surface area contributed by atoms with Crippen molar-refractivity contribution in [2.75, 3.05) is 27.4 Å². The number of unbranched alkanes of at least 4 members (excludes halogenated alkanes) is 19. The summed E-state index contributed by atoms with van der Waals surface area (Å²) in [5.41, 5.74) is 0.637. The van der Waals surface area contributed by atoms with E-state index in [1.54, 1.807) is 24.3 Å². The van der Waals surface area contributed by atoms with Crippen LogP contribution >= 0.6 is 0 Å². The average molecular weight is 904 g/mol. The molecule has 64 heavy (non-hydrogen) atoms. The van der Waals surface area contributed by atoms with E-state index >= 15 is 0 Å². The molecule has 13 nitrogen and oxygen atoms in total. The second-order valence-corrected chi connectivity index (χ2v) is 17.1. The standard InChI is InChI=1S/C51H85NO12/c1-5-7-9-11-13-15-17-18-19-21-22-24-26-28-30-41(53)40(52-50(59)42(54)31-29-27-25-23-20-16-14-12-10-8-6-2)37-63-51-49(58)48(57)47(56)45(64-51)38-62-46(55)35-33-39-32-34-43(60-3)44(36-39)61-4/h20,23,28,30,32-36,40-42,45,47-49,51,53-54,56-58H,5-19,21-22,24-27,29,31,37-38H2,1-4H3,(H,52,59)/b23-20-,30-28+,35-33+/t40-,41+,42+,45+,47+,48-,49+,51-/m0/s1. The van der Waals surface area contributed by atoms with Gasteiger partial charge >= 0.3 is 5.97 Å². The molecule has 0 saturated carbocycles. The number of allylic oxidation sites excluding steroid dienone is 3. The lowest BCUT2D eigenvalue weighted by Gasteiger charge is -2.40. The minimum Gasteiger partial charge on any atom is -0.493 e. The van der Waals surface area contributed by atoms with Crippen molar-refractivity contribution in [3.63, 3.8) is 0 Å².